The minimum Gasteiger partial charge on any atom is -0.360 e. The predicted octanol–water partition coefficient (Wildman–Crippen LogP) is 3.14. The molecule has 0 saturated heterocycles. The Hall–Kier alpha value is -2.14. The second-order valence-corrected chi connectivity index (χ2v) is 6.08. The van der Waals surface area contributed by atoms with Crippen LogP contribution in [0, 0.1) is 5.82 Å². The van der Waals surface area contributed by atoms with Gasteiger partial charge in [-0.25, -0.2) is 12.8 Å². The third-order valence-corrected chi connectivity index (χ3v) is 4.76. The van der Waals surface area contributed by atoms with Gasteiger partial charge in [-0.05, 0) is 30.3 Å². The molecule has 0 bridgehead atoms. The second kappa shape index (κ2) is 4.20. The van der Waals surface area contributed by atoms with Crippen LogP contribution in [-0.4, -0.2) is 13.4 Å². The van der Waals surface area contributed by atoms with Crippen molar-refractivity contribution in [3.05, 3.63) is 60.5 Å². The molecule has 1 aromatic heterocycles. The fraction of sp³-hybridized carbons (Fsp3) is 0. The van der Waals surface area contributed by atoms with Gasteiger partial charge in [0, 0.05) is 17.1 Å². The summed E-state index contributed by atoms with van der Waals surface area (Å²) < 4.78 is 38.2. The van der Waals surface area contributed by atoms with Gasteiger partial charge in [0.25, 0.3) is 0 Å². The van der Waals surface area contributed by atoms with E-state index in [2.05, 4.69) is 4.98 Å². The SMILES string of the molecule is O=S(=O)(c1ccccc1)c1c[nH]c2ccc(F)cc12. The van der Waals surface area contributed by atoms with Gasteiger partial charge in [0.2, 0.25) is 9.84 Å². The van der Waals surface area contributed by atoms with E-state index < -0.39 is 15.7 Å². The number of benzene rings is 2. The van der Waals surface area contributed by atoms with Crippen LogP contribution in [0.3, 0.4) is 0 Å². The van der Waals surface area contributed by atoms with E-state index in [-0.39, 0.29) is 9.79 Å². The number of sulfone groups is 1. The van der Waals surface area contributed by atoms with Crippen molar-refractivity contribution in [3.8, 4) is 0 Å². The first-order chi connectivity index (χ1) is 9.09. The molecule has 0 radical (unpaired) electrons. The van der Waals surface area contributed by atoms with E-state index in [1.807, 2.05) is 0 Å². The highest BCUT2D eigenvalue weighted by molar-refractivity contribution is 7.91. The second-order valence-electron chi connectivity index (χ2n) is 4.16. The van der Waals surface area contributed by atoms with Crippen molar-refractivity contribution in [2.24, 2.45) is 0 Å². The summed E-state index contributed by atoms with van der Waals surface area (Å²) in [5.41, 5.74) is 0.593. The molecule has 0 atom stereocenters. The van der Waals surface area contributed by atoms with Gasteiger partial charge >= 0.3 is 0 Å². The molecule has 0 unspecified atom stereocenters. The Morgan fingerprint density at radius 3 is 2.47 bits per heavy atom. The average Bonchev–Trinajstić information content (AvgIpc) is 2.83. The number of aromatic nitrogens is 1. The maximum Gasteiger partial charge on any atom is 0.208 e. The van der Waals surface area contributed by atoms with Crippen LogP contribution in [0.25, 0.3) is 10.9 Å². The quantitative estimate of drug-likeness (QED) is 0.781. The molecule has 0 amide bonds. The summed E-state index contributed by atoms with van der Waals surface area (Å²) in [5, 5.41) is 0.365. The van der Waals surface area contributed by atoms with Gasteiger partial charge in [0.15, 0.2) is 0 Å². The Morgan fingerprint density at radius 2 is 1.74 bits per heavy atom. The maximum absolute atomic E-state index is 13.3. The monoisotopic (exact) mass is 275 g/mol. The molecule has 0 aliphatic rings. The number of fused-ring (bicyclic) bond motifs is 1. The zero-order chi connectivity index (χ0) is 13.5. The van der Waals surface area contributed by atoms with Crippen molar-refractivity contribution in [2.75, 3.05) is 0 Å². The van der Waals surface area contributed by atoms with Gasteiger partial charge < -0.3 is 4.98 Å². The molecule has 3 nitrogen and oxygen atoms in total. The minimum absolute atomic E-state index is 0.0909. The molecular formula is C14H10FNO2S. The van der Waals surface area contributed by atoms with Crippen molar-refractivity contribution < 1.29 is 12.8 Å². The van der Waals surface area contributed by atoms with E-state index in [4.69, 9.17) is 0 Å². The van der Waals surface area contributed by atoms with Gasteiger partial charge in [0.05, 0.1) is 9.79 Å². The van der Waals surface area contributed by atoms with Gasteiger partial charge in [-0.15, -0.1) is 0 Å². The van der Waals surface area contributed by atoms with Crippen LogP contribution in [0.2, 0.25) is 0 Å². The van der Waals surface area contributed by atoms with E-state index in [9.17, 15) is 12.8 Å². The van der Waals surface area contributed by atoms with E-state index >= 15 is 0 Å². The molecule has 96 valence electrons. The van der Waals surface area contributed by atoms with Crippen LogP contribution in [0.5, 0.6) is 0 Å². The summed E-state index contributed by atoms with van der Waals surface area (Å²) in [5.74, 6) is -0.461. The zero-order valence-electron chi connectivity index (χ0n) is 9.80. The van der Waals surface area contributed by atoms with E-state index in [1.54, 1.807) is 18.2 Å². The molecule has 2 aromatic carbocycles. The lowest BCUT2D eigenvalue weighted by atomic mass is 10.2. The molecule has 1 heterocycles. The topological polar surface area (TPSA) is 49.9 Å². The molecular weight excluding hydrogens is 265 g/mol. The first-order valence-corrected chi connectivity index (χ1v) is 7.14. The normalized spacial score (nSPS) is 11.8. The van der Waals surface area contributed by atoms with Crippen molar-refractivity contribution >= 4 is 20.7 Å². The van der Waals surface area contributed by atoms with Crippen LogP contribution < -0.4 is 0 Å². The smallest absolute Gasteiger partial charge is 0.208 e. The summed E-state index contributed by atoms with van der Waals surface area (Å²) in [6, 6.07) is 12.1. The Bertz CT molecular complexity index is 838. The molecule has 0 saturated carbocycles. The van der Waals surface area contributed by atoms with Crippen LogP contribution >= 0.6 is 0 Å². The molecule has 0 spiro atoms. The number of halogens is 1. The Kier molecular flexibility index (Phi) is 2.64. The largest absolute Gasteiger partial charge is 0.360 e. The minimum atomic E-state index is -3.64. The van der Waals surface area contributed by atoms with Crippen molar-refractivity contribution in [1.29, 1.82) is 0 Å². The predicted molar refractivity (Wildman–Crippen MR) is 70.2 cm³/mol. The van der Waals surface area contributed by atoms with E-state index in [0.717, 1.165) is 0 Å². The molecule has 0 aliphatic heterocycles. The number of H-pyrrole nitrogens is 1. The fourth-order valence-corrected chi connectivity index (χ4v) is 3.46. The third kappa shape index (κ3) is 1.92. The lowest BCUT2D eigenvalue weighted by Gasteiger charge is -2.02. The summed E-state index contributed by atoms with van der Waals surface area (Å²) >= 11 is 0. The van der Waals surface area contributed by atoms with E-state index in [1.165, 1.54) is 36.5 Å². The lowest BCUT2D eigenvalue weighted by Crippen LogP contribution is -2.00. The molecule has 5 heteroatoms. The summed E-state index contributed by atoms with van der Waals surface area (Å²) in [6.45, 7) is 0. The Labute approximate surface area is 109 Å². The van der Waals surface area contributed by atoms with Crippen LogP contribution in [0.15, 0.2) is 64.5 Å². The molecule has 19 heavy (non-hydrogen) atoms. The summed E-state index contributed by atoms with van der Waals surface area (Å²) in [6.07, 6.45) is 1.40. The molecule has 0 fully saturated rings. The Morgan fingerprint density at radius 1 is 1.00 bits per heavy atom. The number of aromatic amines is 1. The Balaban J connectivity index is 2.28. The summed E-state index contributed by atoms with van der Waals surface area (Å²) in [7, 11) is -3.64. The fourth-order valence-electron chi connectivity index (χ4n) is 2.02. The van der Waals surface area contributed by atoms with Gasteiger partial charge in [-0.2, -0.15) is 0 Å². The van der Waals surface area contributed by atoms with Crippen molar-refractivity contribution in [3.63, 3.8) is 0 Å². The number of nitrogens with one attached hydrogen (secondary N) is 1. The van der Waals surface area contributed by atoms with Crippen LogP contribution in [-0.2, 0) is 9.84 Å². The van der Waals surface area contributed by atoms with Gasteiger partial charge in [-0.1, -0.05) is 18.2 Å². The zero-order valence-corrected chi connectivity index (χ0v) is 10.6. The number of hydrogen-bond donors (Lipinski definition) is 1. The third-order valence-electron chi connectivity index (χ3n) is 2.95. The first-order valence-electron chi connectivity index (χ1n) is 5.66. The number of hydrogen-bond acceptors (Lipinski definition) is 2. The van der Waals surface area contributed by atoms with Crippen LogP contribution in [0.1, 0.15) is 0 Å². The van der Waals surface area contributed by atoms with Gasteiger partial charge in [0.1, 0.15) is 5.82 Å². The van der Waals surface area contributed by atoms with E-state index in [0.29, 0.717) is 10.9 Å². The highest BCUT2D eigenvalue weighted by Crippen LogP contribution is 2.28. The molecule has 0 aliphatic carbocycles. The maximum atomic E-state index is 13.3. The number of rotatable bonds is 2. The highest BCUT2D eigenvalue weighted by Gasteiger charge is 2.21. The standard InChI is InChI=1S/C14H10FNO2S/c15-10-6-7-13-12(8-10)14(9-16-13)19(17,18)11-4-2-1-3-5-11/h1-9,16H. The average molecular weight is 275 g/mol. The van der Waals surface area contributed by atoms with Crippen LogP contribution in [0.4, 0.5) is 4.39 Å². The first kappa shape index (κ1) is 11.9. The van der Waals surface area contributed by atoms with Crippen molar-refractivity contribution in [2.45, 2.75) is 9.79 Å². The van der Waals surface area contributed by atoms with Gasteiger partial charge in [-0.3, -0.25) is 0 Å². The summed E-state index contributed by atoms with van der Waals surface area (Å²) in [4.78, 5) is 3.13. The molecule has 1 N–H and O–H groups in total. The lowest BCUT2D eigenvalue weighted by molar-refractivity contribution is 0.597. The highest BCUT2D eigenvalue weighted by atomic mass is 32.2. The van der Waals surface area contributed by atoms with Crippen molar-refractivity contribution in [1.82, 2.24) is 4.98 Å². The molecule has 3 rings (SSSR count). The molecule has 3 aromatic rings.